The minimum absolute atomic E-state index is 0.224. The van der Waals surface area contributed by atoms with Crippen LogP contribution in [0.15, 0.2) is 0 Å². The molecule has 2 aliphatic rings. The minimum atomic E-state index is -0.606. The van der Waals surface area contributed by atoms with Gasteiger partial charge in [-0.1, -0.05) is 206 Å². The summed E-state index contributed by atoms with van der Waals surface area (Å²) in [5.41, 5.74) is 0. The normalized spacial score (nSPS) is 20.0. The lowest BCUT2D eigenvalue weighted by Crippen LogP contribution is -2.38. The molecular weight excluding hydrogens is 606 g/mol. The van der Waals surface area contributed by atoms with Crippen molar-refractivity contribution in [2.75, 3.05) is 20.6 Å². The summed E-state index contributed by atoms with van der Waals surface area (Å²) in [4.78, 5) is 14.8. The van der Waals surface area contributed by atoms with E-state index in [1.807, 2.05) is 14.1 Å². The van der Waals surface area contributed by atoms with Crippen LogP contribution in [0.5, 0.6) is 0 Å². The van der Waals surface area contributed by atoms with E-state index in [-0.39, 0.29) is 18.2 Å². The second kappa shape index (κ2) is 29.9. The molecule has 2 fully saturated rings. The number of nitrogens with zero attached hydrogens (tertiary/aromatic N) is 1. The van der Waals surface area contributed by atoms with Crippen LogP contribution in [0.25, 0.3) is 0 Å². The van der Waals surface area contributed by atoms with Crippen LogP contribution in [-0.2, 0) is 19.0 Å². The summed E-state index contributed by atoms with van der Waals surface area (Å²) in [5.74, 6) is -0.830. The lowest BCUT2D eigenvalue weighted by atomic mass is 9.98. The highest BCUT2D eigenvalue weighted by Crippen LogP contribution is 2.42. The van der Waals surface area contributed by atoms with Gasteiger partial charge in [0.1, 0.15) is 12.2 Å². The quantitative estimate of drug-likeness (QED) is 0.0483. The molecule has 5 nitrogen and oxygen atoms in total. The van der Waals surface area contributed by atoms with Crippen molar-refractivity contribution in [1.82, 2.24) is 4.90 Å². The van der Waals surface area contributed by atoms with Gasteiger partial charge in [0.25, 0.3) is 0 Å². The number of esters is 1. The number of hydrogen-bond acceptors (Lipinski definition) is 5. The van der Waals surface area contributed by atoms with Crippen LogP contribution in [-0.4, -0.2) is 55.6 Å². The standard InChI is InChI=1S/C44H85NO4/c1-5-7-9-11-13-15-17-19-21-23-25-27-29-31-33-35-37-44(48-41-40(39-45(3)4)47-43(46)42(41)49-44)38-36-34-32-30-28-26-24-22-20-18-16-14-12-10-8-6-2/h40-42H,5-39H2,1-4H3/t40-,41+,42-/m1/s1. The molecule has 2 saturated heterocycles. The van der Waals surface area contributed by atoms with Crippen molar-refractivity contribution in [3.8, 4) is 0 Å². The molecule has 2 rings (SSSR count). The second-order valence-corrected chi connectivity index (χ2v) is 16.4. The predicted octanol–water partition coefficient (Wildman–Crippen LogP) is 13.3. The van der Waals surface area contributed by atoms with E-state index in [4.69, 9.17) is 14.2 Å². The third kappa shape index (κ3) is 21.5. The summed E-state index contributed by atoms with van der Waals surface area (Å²) in [7, 11) is 4.05. The first-order valence-electron chi connectivity index (χ1n) is 22.2. The first-order valence-corrected chi connectivity index (χ1v) is 22.2. The van der Waals surface area contributed by atoms with Gasteiger partial charge in [-0.25, -0.2) is 4.79 Å². The zero-order valence-corrected chi connectivity index (χ0v) is 33.6. The number of unbranched alkanes of at least 4 members (excludes halogenated alkanes) is 30. The third-order valence-corrected chi connectivity index (χ3v) is 11.2. The Morgan fingerprint density at radius 2 is 0.776 bits per heavy atom. The molecule has 0 spiro atoms. The maximum Gasteiger partial charge on any atom is 0.338 e. The number of likely N-dealkylation sites (N-methyl/N-ethyl adjacent to an activating group) is 1. The molecule has 0 aromatic carbocycles. The largest absolute Gasteiger partial charge is 0.456 e. The summed E-state index contributed by atoms with van der Waals surface area (Å²) in [6, 6.07) is 0. The van der Waals surface area contributed by atoms with Crippen LogP contribution < -0.4 is 0 Å². The van der Waals surface area contributed by atoms with E-state index in [1.54, 1.807) is 0 Å². The van der Waals surface area contributed by atoms with Crippen LogP contribution in [0, 0.1) is 0 Å². The van der Waals surface area contributed by atoms with E-state index in [0.29, 0.717) is 6.54 Å². The number of hydrogen-bond donors (Lipinski definition) is 0. The first-order chi connectivity index (χ1) is 24.0. The van der Waals surface area contributed by atoms with Crippen molar-refractivity contribution in [3.05, 3.63) is 0 Å². The molecule has 0 unspecified atom stereocenters. The van der Waals surface area contributed by atoms with Gasteiger partial charge >= 0.3 is 5.97 Å². The number of fused-ring (bicyclic) bond motifs is 1. The summed E-state index contributed by atoms with van der Waals surface area (Å²) in [6.07, 6.45) is 44.7. The Morgan fingerprint density at radius 1 is 0.469 bits per heavy atom. The maximum absolute atomic E-state index is 12.7. The van der Waals surface area contributed by atoms with Crippen molar-refractivity contribution in [2.24, 2.45) is 0 Å². The highest BCUT2D eigenvalue weighted by molar-refractivity contribution is 5.78. The molecule has 49 heavy (non-hydrogen) atoms. The molecule has 5 heteroatoms. The Kier molecular flexibility index (Phi) is 27.1. The fraction of sp³-hybridized carbons (Fsp3) is 0.977. The van der Waals surface area contributed by atoms with Crippen LogP contribution in [0.2, 0.25) is 0 Å². The lowest BCUT2D eigenvalue weighted by molar-refractivity contribution is -0.211. The Bertz CT molecular complexity index is 721. The summed E-state index contributed by atoms with van der Waals surface area (Å²) in [5, 5.41) is 0. The number of carbonyl (C=O) groups is 1. The molecule has 0 aliphatic carbocycles. The molecule has 0 radical (unpaired) electrons. The molecule has 0 amide bonds. The Hall–Kier alpha value is -0.650. The minimum Gasteiger partial charge on any atom is -0.456 e. The first kappa shape index (κ1) is 44.5. The second-order valence-electron chi connectivity index (χ2n) is 16.4. The van der Waals surface area contributed by atoms with E-state index < -0.39 is 11.9 Å². The van der Waals surface area contributed by atoms with Gasteiger partial charge in [-0.05, 0) is 26.9 Å². The average Bonchev–Trinajstić information content (AvgIpc) is 3.59. The summed E-state index contributed by atoms with van der Waals surface area (Å²) >= 11 is 0. The van der Waals surface area contributed by atoms with Gasteiger partial charge in [-0.2, -0.15) is 0 Å². The molecule has 3 atom stereocenters. The van der Waals surface area contributed by atoms with Gasteiger partial charge in [0.15, 0.2) is 11.9 Å². The Balaban J connectivity index is 1.57. The molecule has 0 N–H and O–H groups in total. The van der Waals surface area contributed by atoms with Gasteiger partial charge < -0.3 is 19.1 Å². The zero-order valence-electron chi connectivity index (χ0n) is 33.6. The van der Waals surface area contributed by atoms with Crippen molar-refractivity contribution >= 4 is 5.97 Å². The molecule has 0 aromatic heterocycles. The molecule has 0 saturated carbocycles. The number of ether oxygens (including phenoxy) is 3. The third-order valence-electron chi connectivity index (χ3n) is 11.2. The number of carbonyl (C=O) groups excluding carboxylic acids is 1. The van der Waals surface area contributed by atoms with E-state index in [1.165, 1.54) is 193 Å². The maximum atomic E-state index is 12.7. The SMILES string of the molecule is CCCCCCCCCCCCCCCCCCC1(CCCCCCCCCCCCCCCCCC)O[C@H]2[C@@H](CN(C)C)OC(=O)[C@@H]2O1. The van der Waals surface area contributed by atoms with Crippen molar-refractivity contribution in [2.45, 2.75) is 256 Å². The molecule has 2 aliphatic heterocycles. The van der Waals surface area contributed by atoms with Gasteiger partial charge in [-0.15, -0.1) is 0 Å². The smallest absolute Gasteiger partial charge is 0.338 e. The molecule has 0 bridgehead atoms. The monoisotopic (exact) mass is 692 g/mol. The van der Waals surface area contributed by atoms with Crippen molar-refractivity contribution < 1.29 is 19.0 Å². The Labute approximate surface area is 306 Å². The van der Waals surface area contributed by atoms with E-state index in [0.717, 1.165) is 25.7 Å². The van der Waals surface area contributed by atoms with Crippen LogP contribution in [0.4, 0.5) is 0 Å². The van der Waals surface area contributed by atoms with Crippen LogP contribution in [0.1, 0.15) is 232 Å². The average molecular weight is 692 g/mol. The molecular formula is C44H85NO4. The van der Waals surface area contributed by atoms with E-state index >= 15 is 0 Å². The fourth-order valence-corrected chi connectivity index (χ4v) is 8.12. The Morgan fingerprint density at radius 3 is 1.08 bits per heavy atom. The van der Waals surface area contributed by atoms with Gasteiger partial charge in [0.2, 0.25) is 0 Å². The topological polar surface area (TPSA) is 48.0 Å². The fourth-order valence-electron chi connectivity index (χ4n) is 8.12. The van der Waals surface area contributed by atoms with Gasteiger partial charge in [0, 0.05) is 19.4 Å². The highest BCUT2D eigenvalue weighted by atomic mass is 16.8. The summed E-state index contributed by atoms with van der Waals surface area (Å²) < 4.78 is 18.9. The molecule has 2 heterocycles. The lowest BCUT2D eigenvalue weighted by Gasteiger charge is -2.30. The number of cyclic esters (lactones) is 1. The van der Waals surface area contributed by atoms with Gasteiger partial charge in [0.05, 0.1) is 0 Å². The molecule has 290 valence electrons. The highest BCUT2D eigenvalue weighted by Gasteiger charge is 2.58. The number of rotatable bonds is 36. The van der Waals surface area contributed by atoms with Crippen molar-refractivity contribution in [3.63, 3.8) is 0 Å². The summed E-state index contributed by atoms with van der Waals surface area (Å²) in [6.45, 7) is 5.28. The van der Waals surface area contributed by atoms with Crippen LogP contribution in [0.3, 0.4) is 0 Å². The molecule has 0 aromatic rings. The zero-order chi connectivity index (χ0) is 35.3. The predicted molar refractivity (Wildman–Crippen MR) is 209 cm³/mol. The van der Waals surface area contributed by atoms with E-state index in [9.17, 15) is 4.79 Å². The van der Waals surface area contributed by atoms with Crippen LogP contribution >= 0.6 is 0 Å². The van der Waals surface area contributed by atoms with E-state index in [2.05, 4.69) is 18.7 Å². The van der Waals surface area contributed by atoms with Crippen molar-refractivity contribution in [1.29, 1.82) is 0 Å². The van der Waals surface area contributed by atoms with Gasteiger partial charge in [-0.3, -0.25) is 0 Å².